The Labute approximate surface area is 148 Å². The molecule has 6 nitrogen and oxygen atoms in total. The first-order valence-corrected chi connectivity index (χ1v) is 9.28. The molecule has 0 bridgehead atoms. The lowest BCUT2D eigenvalue weighted by Gasteiger charge is -2.26. The lowest BCUT2D eigenvalue weighted by atomic mass is 10.2. The summed E-state index contributed by atoms with van der Waals surface area (Å²) in [4.78, 5) is 16.6. The van der Waals surface area contributed by atoms with Gasteiger partial charge in [-0.3, -0.25) is 14.4 Å². The van der Waals surface area contributed by atoms with Crippen LogP contribution in [-0.4, -0.2) is 45.1 Å². The maximum Gasteiger partial charge on any atom is 0.222 e. The predicted molar refractivity (Wildman–Crippen MR) is 93.9 cm³/mol. The number of aryl methyl sites for hydroxylation is 2. The number of hydrogen-bond donors (Lipinski definition) is 0. The summed E-state index contributed by atoms with van der Waals surface area (Å²) in [5, 5.41) is 4.69. The Morgan fingerprint density at radius 1 is 1.20 bits per heavy atom. The number of likely N-dealkylation sites (tertiary alicyclic amines) is 1. The van der Waals surface area contributed by atoms with Crippen LogP contribution in [0.15, 0.2) is 22.6 Å². The van der Waals surface area contributed by atoms with Crippen molar-refractivity contribution in [3.05, 3.63) is 41.1 Å². The topological polar surface area (TPSA) is 54.5 Å². The van der Waals surface area contributed by atoms with E-state index in [2.05, 4.69) is 21.7 Å². The number of furan rings is 1. The number of carbonyl (C=O) groups excluding carboxylic acids is 1. The summed E-state index contributed by atoms with van der Waals surface area (Å²) < 4.78 is 7.78. The van der Waals surface area contributed by atoms with E-state index in [9.17, 15) is 4.79 Å². The van der Waals surface area contributed by atoms with E-state index < -0.39 is 0 Å². The molecule has 1 saturated heterocycles. The van der Waals surface area contributed by atoms with Crippen LogP contribution in [-0.2, 0) is 30.8 Å². The first-order chi connectivity index (χ1) is 12.2. The summed E-state index contributed by atoms with van der Waals surface area (Å²) in [6.45, 7) is 7.42. The molecule has 134 valence electrons. The van der Waals surface area contributed by atoms with E-state index in [4.69, 9.17) is 9.52 Å². The average molecular weight is 342 g/mol. The number of hydrogen-bond acceptors (Lipinski definition) is 4. The van der Waals surface area contributed by atoms with E-state index in [0.29, 0.717) is 6.42 Å². The molecule has 0 atom stereocenters. The second-order valence-electron chi connectivity index (χ2n) is 7.16. The van der Waals surface area contributed by atoms with E-state index in [-0.39, 0.29) is 5.91 Å². The fourth-order valence-electron chi connectivity index (χ4n) is 3.79. The Morgan fingerprint density at radius 2 is 2.04 bits per heavy atom. The first kappa shape index (κ1) is 16.4. The molecule has 2 aliphatic heterocycles. The van der Waals surface area contributed by atoms with Crippen LogP contribution < -0.4 is 0 Å². The maximum atomic E-state index is 12.2. The normalized spacial score (nSPS) is 17.9. The van der Waals surface area contributed by atoms with E-state index in [1.807, 2.05) is 17.9 Å². The highest BCUT2D eigenvalue weighted by molar-refractivity contribution is 5.76. The molecule has 1 fully saturated rings. The van der Waals surface area contributed by atoms with Crippen LogP contribution in [0.4, 0.5) is 0 Å². The summed E-state index contributed by atoms with van der Waals surface area (Å²) in [5.41, 5.74) is 2.27. The number of rotatable bonds is 5. The molecule has 2 aromatic heterocycles. The molecule has 2 aromatic rings. The third kappa shape index (κ3) is 3.79. The van der Waals surface area contributed by atoms with Gasteiger partial charge in [0.15, 0.2) is 0 Å². The molecule has 0 radical (unpaired) electrons. The Morgan fingerprint density at radius 3 is 2.80 bits per heavy atom. The monoisotopic (exact) mass is 342 g/mol. The van der Waals surface area contributed by atoms with Crippen molar-refractivity contribution in [3.63, 3.8) is 0 Å². The minimum Gasteiger partial charge on any atom is -0.465 e. The van der Waals surface area contributed by atoms with Gasteiger partial charge < -0.3 is 9.32 Å². The second-order valence-corrected chi connectivity index (χ2v) is 7.16. The summed E-state index contributed by atoms with van der Waals surface area (Å²) >= 11 is 0. The summed E-state index contributed by atoms with van der Waals surface area (Å²) in [6, 6.07) is 6.23. The molecule has 0 spiro atoms. The van der Waals surface area contributed by atoms with Crippen LogP contribution in [0.5, 0.6) is 0 Å². The largest absolute Gasteiger partial charge is 0.465 e. The third-order valence-electron chi connectivity index (χ3n) is 5.16. The quantitative estimate of drug-likeness (QED) is 0.837. The van der Waals surface area contributed by atoms with Gasteiger partial charge in [0.1, 0.15) is 11.5 Å². The van der Waals surface area contributed by atoms with Crippen molar-refractivity contribution in [2.45, 2.75) is 52.2 Å². The highest BCUT2D eigenvalue weighted by Gasteiger charge is 2.21. The van der Waals surface area contributed by atoms with E-state index in [1.54, 1.807) is 0 Å². The van der Waals surface area contributed by atoms with Gasteiger partial charge in [0.05, 0.1) is 24.5 Å². The Kier molecular flexibility index (Phi) is 4.61. The van der Waals surface area contributed by atoms with E-state index in [1.165, 1.54) is 5.69 Å². The molecular weight excluding hydrogens is 316 g/mol. The van der Waals surface area contributed by atoms with Gasteiger partial charge >= 0.3 is 0 Å². The van der Waals surface area contributed by atoms with Crippen LogP contribution in [0.3, 0.4) is 0 Å². The fraction of sp³-hybridized carbons (Fsp3) is 0.579. The minimum atomic E-state index is 0.276. The molecule has 1 amide bonds. The molecule has 6 heteroatoms. The maximum absolute atomic E-state index is 12.2. The number of amides is 1. The molecule has 0 unspecified atom stereocenters. The van der Waals surface area contributed by atoms with Crippen molar-refractivity contribution in [1.82, 2.24) is 19.6 Å². The van der Waals surface area contributed by atoms with Crippen molar-refractivity contribution >= 4 is 5.91 Å². The summed E-state index contributed by atoms with van der Waals surface area (Å²) in [6.07, 6.45) is 3.61. The lowest BCUT2D eigenvalue weighted by molar-refractivity contribution is -0.130. The van der Waals surface area contributed by atoms with Crippen molar-refractivity contribution in [1.29, 1.82) is 0 Å². The lowest BCUT2D eigenvalue weighted by Crippen LogP contribution is -2.33. The molecule has 4 heterocycles. The van der Waals surface area contributed by atoms with Crippen LogP contribution in [0, 0.1) is 6.92 Å². The molecule has 0 aromatic carbocycles. The van der Waals surface area contributed by atoms with Crippen molar-refractivity contribution in [2.24, 2.45) is 0 Å². The highest BCUT2D eigenvalue weighted by atomic mass is 16.3. The molecular formula is C19H26N4O2. The zero-order chi connectivity index (χ0) is 17.2. The number of nitrogens with zero attached hydrogens (tertiary/aromatic N) is 4. The average Bonchev–Trinajstić information content (AvgIpc) is 3.33. The van der Waals surface area contributed by atoms with Gasteiger partial charge in [0, 0.05) is 39.0 Å². The Hall–Kier alpha value is -2.08. The van der Waals surface area contributed by atoms with Gasteiger partial charge in [0.2, 0.25) is 5.91 Å². The fourth-order valence-corrected chi connectivity index (χ4v) is 3.79. The predicted octanol–water partition coefficient (Wildman–Crippen LogP) is 2.36. The van der Waals surface area contributed by atoms with Crippen molar-refractivity contribution in [2.75, 3.05) is 19.6 Å². The minimum absolute atomic E-state index is 0.276. The highest BCUT2D eigenvalue weighted by Crippen LogP contribution is 2.18. The van der Waals surface area contributed by atoms with Gasteiger partial charge in [-0.25, -0.2) is 0 Å². The summed E-state index contributed by atoms with van der Waals surface area (Å²) in [7, 11) is 0. The van der Waals surface area contributed by atoms with Crippen LogP contribution >= 0.6 is 0 Å². The second kappa shape index (κ2) is 7.04. The molecule has 0 aliphatic carbocycles. The number of fused-ring (bicyclic) bond motifs is 1. The molecule has 4 rings (SSSR count). The number of carbonyl (C=O) groups is 1. The van der Waals surface area contributed by atoms with E-state index >= 15 is 0 Å². The summed E-state index contributed by atoms with van der Waals surface area (Å²) in [5.74, 6) is 2.25. The van der Waals surface area contributed by atoms with Crippen molar-refractivity contribution < 1.29 is 9.21 Å². The van der Waals surface area contributed by atoms with E-state index in [0.717, 1.165) is 75.7 Å². The smallest absolute Gasteiger partial charge is 0.222 e. The Balaban J connectivity index is 1.33. The van der Waals surface area contributed by atoms with Gasteiger partial charge in [-0.05, 0) is 38.0 Å². The SMILES string of the molecule is Cc1ccc(CN2CCn3nc(CCC(=O)N4CCCC4)cc3C2)o1. The zero-order valence-corrected chi connectivity index (χ0v) is 14.9. The van der Waals surface area contributed by atoms with Crippen LogP contribution in [0.2, 0.25) is 0 Å². The van der Waals surface area contributed by atoms with Gasteiger partial charge in [-0.2, -0.15) is 5.10 Å². The molecule has 2 aliphatic rings. The van der Waals surface area contributed by atoms with Gasteiger partial charge in [-0.15, -0.1) is 0 Å². The molecule has 0 saturated carbocycles. The number of aromatic nitrogens is 2. The molecule has 0 N–H and O–H groups in total. The zero-order valence-electron chi connectivity index (χ0n) is 14.9. The van der Waals surface area contributed by atoms with Crippen LogP contribution in [0.25, 0.3) is 0 Å². The standard InChI is InChI=1S/C19H26N4O2/c1-15-4-6-18(25-15)14-21-10-11-23-17(13-21)12-16(20-23)5-7-19(24)22-8-2-3-9-22/h4,6,12H,2-3,5,7-11,13-14H2,1H3. The Bertz CT molecular complexity index is 742. The van der Waals surface area contributed by atoms with Gasteiger partial charge in [0.25, 0.3) is 0 Å². The third-order valence-corrected chi connectivity index (χ3v) is 5.16. The molecule has 25 heavy (non-hydrogen) atoms. The van der Waals surface area contributed by atoms with Crippen molar-refractivity contribution in [3.8, 4) is 0 Å². The first-order valence-electron chi connectivity index (χ1n) is 9.28. The van der Waals surface area contributed by atoms with Crippen LogP contribution in [0.1, 0.15) is 42.2 Å². The van der Waals surface area contributed by atoms with Gasteiger partial charge in [-0.1, -0.05) is 0 Å².